The molecule has 0 unspecified atom stereocenters. The number of carbonyl (C=O) groups is 1. The van der Waals surface area contributed by atoms with Crippen molar-refractivity contribution in [1.82, 2.24) is 25.0 Å². The van der Waals surface area contributed by atoms with Crippen molar-refractivity contribution in [1.29, 1.82) is 5.26 Å². The molecule has 0 saturated carbocycles. The number of carbonyl (C=O) groups excluding carboxylic acids is 1. The number of nitrogens with one attached hydrogen (secondary N) is 3. The average molecular weight is 635 g/mol. The molecule has 0 spiro atoms. The Bertz CT molecular complexity index is 2070. The van der Waals surface area contributed by atoms with E-state index in [-0.39, 0.29) is 16.8 Å². The number of aromatic nitrogens is 5. The number of aliphatic hydroxyl groups excluding tert-OH is 1. The molecule has 46 heavy (non-hydrogen) atoms. The lowest BCUT2D eigenvalue weighted by atomic mass is 9.83. The van der Waals surface area contributed by atoms with Gasteiger partial charge in [-0.25, -0.2) is 14.5 Å². The minimum absolute atomic E-state index is 0.129. The predicted molar refractivity (Wildman–Crippen MR) is 154 cm³/mol. The van der Waals surface area contributed by atoms with Crippen LogP contribution in [0, 0.1) is 17.1 Å². The molecule has 0 aliphatic carbocycles. The number of rotatable bonds is 7. The number of nitriles is 1. The monoisotopic (exact) mass is 634 g/mol. The molecule has 1 aliphatic heterocycles. The Morgan fingerprint density at radius 3 is 2.63 bits per heavy atom. The van der Waals surface area contributed by atoms with Crippen molar-refractivity contribution in [3.05, 3.63) is 105 Å². The Morgan fingerprint density at radius 2 is 1.96 bits per heavy atom. The summed E-state index contributed by atoms with van der Waals surface area (Å²) in [7, 11) is 1.71. The largest absolute Gasteiger partial charge is 0.490 e. The number of ether oxygens (including phenoxy) is 1. The van der Waals surface area contributed by atoms with E-state index in [0.717, 1.165) is 18.2 Å². The molecular weight excluding hydrogens is 612 g/mol. The highest BCUT2D eigenvalue weighted by molar-refractivity contribution is 5.97. The maximum atomic E-state index is 14.5. The van der Waals surface area contributed by atoms with E-state index in [2.05, 4.69) is 30.9 Å². The molecule has 3 heterocycles. The van der Waals surface area contributed by atoms with E-state index < -0.39 is 59.3 Å². The minimum atomic E-state index is -4.82. The highest BCUT2D eigenvalue weighted by Gasteiger charge is 2.38. The van der Waals surface area contributed by atoms with Crippen LogP contribution in [-0.2, 0) is 18.0 Å². The summed E-state index contributed by atoms with van der Waals surface area (Å²) < 4.78 is 61.4. The van der Waals surface area contributed by atoms with Crippen molar-refractivity contribution in [2.75, 3.05) is 17.2 Å². The van der Waals surface area contributed by atoms with Crippen LogP contribution in [0.25, 0.3) is 10.8 Å². The van der Waals surface area contributed by atoms with Crippen LogP contribution in [0.15, 0.2) is 65.7 Å². The van der Waals surface area contributed by atoms with Gasteiger partial charge in [-0.2, -0.15) is 28.6 Å². The van der Waals surface area contributed by atoms with Crippen molar-refractivity contribution in [2.24, 2.45) is 7.05 Å². The third kappa shape index (κ3) is 5.59. The molecule has 0 bridgehead atoms. The Morgan fingerprint density at radius 1 is 1.20 bits per heavy atom. The van der Waals surface area contributed by atoms with Gasteiger partial charge in [-0.05, 0) is 48.0 Å². The first-order valence-electron chi connectivity index (χ1n) is 13.6. The molecule has 0 fully saturated rings. The molecule has 0 saturated heterocycles. The molecule has 3 aromatic carbocycles. The van der Waals surface area contributed by atoms with E-state index in [1.807, 2.05) is 0 Å². The smallest absolute Gasteiger partial charge is 0.417 e. The summed E-state index contributed by atoms with van der Waals surface area (Å²) in [6, 6.07) is 12.5. The standard InChI is InChI=1S/C30H22F4N8O4/c1-42-27(36-13-37-42)24-25(39-21-9-16(31)8-19-23(21)26(24)40-41-28(19)44)14-3-6-18(7-4-14)46-12-22(43)29(45)38-17-5-2-15(11-35)20(10-17)30(32,33)34/h2-10,13,22,24-25,39,43H,12H2,1H3,(H,38,45)(H,41,44)/t22-,24-,25-/m0/s1. The van der Waals surface area contributed by atoms with E-state index >= 15 is 0 Å². The molecule has 1 aliphatic rings. The Hall–Kier alpha value is -5.82. The Labute approximate surface area is 256 Å². The SMILES string of the molecule is Cn1ncnc1[C@@H]1c2n[nH]c(=O)c3cc(F)cc(c23)N[C@H]1c1ccc(OC[C@H](O)C(=O)Nc2ccc(C#N)c(C(F)(F)F)c2)cc1. The molecule has 234 valence electrons. The van der Waals surface area contributed by atoms with E-state index in [1.165, 1.54) is 18.5 Å². The number of amides is 1. The van der Waals surface area contributed by atoms with Gasteiger partial charge in [0.1, 0.15) is 30.3 Å². The van der Waals surface area contributed by atoms with Crippen LogP contribution < -0.4 is 20.9 Å². The molecule has 12 nitrogen and oxygen atoms in total. The van der Waals surface area contributed by atoms with Crippen LogP contribution in [0.1, 0.15) is 40.2 Å². The van der Waals surface area contributed by atoms with Gasteiger partial charge < -0.3 is 20.5 Å². The molecule has 4 N–H and O–H groups in total. The molecule has 3 atom stereocenters. The number of aliphatic hydroxyl groups is 1. The van der Waals surface area contributed by atoms with E-state index in [1.54, 1.807) is 36.0 Å². The van der Waals surface area contributed by atoms with Crippen LogP contribution >= 0.6 is 0 Å². The quantitative estimate of drug-likeness (QED) is 0.195. The third-order valence-electron chi connectivity index (χ3n) is 7.51. The molecule has 0 radical (unpaired) electrons. The van der Waals surface area contributed by atoms with Gasteiger partial charge in [0, 0.05) is 23.8 Å². The zero-order valence-corrected chi connectivity index (χ0v) is 23.6. The molecule has 5 aromatic rings. The van der Waals surface area contributed by atoms with Crippen LogP contribution in [-0.4, -0.2) is 48.7 Å². The van der Waals surface area contributed by atoms with Crippen molar-refractivity contribution in [2.45, 2.75) is 24.2 Å². The summed E-state index contributed by atoms with van der Waals surface area (Å²) in [6.45, 7) is -0.525. The summed E-state index contributed by atoms with van der Waals surface area (Å²) in [4.78, 5) is 29.3. The van der Waals surface area contributed by atoms with Gasteiger partial charge >= 0.3 is 6.18 Å². The molecule has 2 aromatic heterocycles. The fourth-order valence-electron chi connectivity index (χ4n) is 5.37. The first-order valence-corrected chi connectivity index (χ1v) is 13.6. The number of aryl methyl sites for hydroxylation is 1. The lowest BCUT2D eigenvalue weighted by Gasteiger charge is -2.33. The van der Waals surface area contributed by atoms with Gasteiger partial charge in [0.2, 0.25) is 0 Å². The van der Waals surface area contributed by atoms with Crippen molar-refractivity contribution >= 4 is 28.1 Å². The average Bonchev–Trinajstić information content (AvgIpc) is 3.45. The number of hydrogen-bond acceptors (Lipinski definition) is 9. The van der Waals surface area contributed by atoms with Gasteiger partial charge in [0.05, 0.1) is 40.2 Å². The summed E-state index contributed by atoms with van der Waals surface area (Å²) in [5.41, 5.74) is -1.11. The van der Waals surface area contributed by atoms with Crippen LogP contribution in [0.5, 0.6) is 5.75 Å². The summed E-state index contributed by atoms with van der Waals surface area (Å²) in [6.07, 6.45) is -5.18. The van der Waals surface area contributed by atoms with Crippen LogP contribution in [0.3, 0.4) is 0 Å². The number of aromatic amines is 1. The number of H-pyrrole nitrogens is 1. The first kappa shape index (κ1) is 30.2. The second-order valence-electron chi connectivity index (χ2n) is 10.4. The second-order valence-corrected chi connectivity index (χ2v) is 10.4. The number of nitrogens with zero attached hydrogens (tertiary/aromatic N) is 5. The highest BCUT2D eigenvalue weighted by Crippen LogP contribution is 2.46. The van der Waals surface area contributed by atoms with Crippen LogP contribution in [0.2, 0.25) is 0 Å². The Balaban J connectivity index is 1.20. The maximum Gasteiger partial charge on any atom is 0.417 e. The summed E-state index contributed by atoms with van der Waals surface area (Å²) >= 11 is 0. The van der Waals surface area contributed by atoms with Crippen LogP contribution in [0.4, 0.5) is 28.9 Å². The van der Waals surface area contributed by atoms with Crippen molar-refractivity contribution in [3.8, 4) is 11.8 Å². The fourth-order valence-corrected chi connectivity index (χ4v) is 5.37. The number of alkyl halides is 3. The number of halogens is 4. The normalized spacial score (nSPS) is 16.4. The lowest BCUT2D eigenvalue weighted by molar-refractivity contribution is -0.137. The summed E-state index contributed by atoms with van der Waals surface area (Å²) in [5.74, 6) is -1.41. The molecule has 1 amide bonds. The van der Waals surface area contributed by atoms with Gasteiger partial charge in [-0.15, -0.1) is 0 Å². The first-order chi connectivity index (χ1) is 21.9. The van der Waals surface area contributed by atoms with Gasteiger partial charge in [0.15, 0.2) is 6.10 Å². The minimum Gasteiger partial charge on any atom is -0.490 e. The van der Waals surface area contributed by atoms with E-state index in [4.69, 9.17) is 10.00 Å². The van der Waals surface area contributed by atoms with E-state index in [9.17, 15) is 32.3 Å². The van der Waals surface area contributed by atoms with Gasteiger partial charge in [0.25, 0.3) is 11.5 Å². The lowest BCUT2D eigenvalue weighted by Crippen LogP contribution is -2.33. The zero-order chi connectivity index (χ0) is 32.7. The van der Waals surface area contributed by atoms with Crippen molar-refractivity contribution in [3.63, 3.8) is 0 Å². The highest BCUT2D eigenvalue weighted by atomic mass is 19.4. The number of anilines is 2. The van der Waals surface area contributed by atoms with E-state index in [0.29, 0.717) is 34.2 Å². The predicted octanol–water partition coefficient (Wildman–Crippen LogP) is 3.76. The molecule has 16 heteroatoms. The third-order valence-corrected chi connectivity index (χ3v) is 7.51. The molecular formula is C30H22F4N8O4. The Kier molecular flexibility index (Phi) is 7.62. The zero-order valence-electron chi connectivity index (χ0n) is 23.6. The number of hydrogen-bond donors (Lipinski definition) is 4. The van der Waals surface area contributed by atoms with Gasteiger partial charge in [-0.1, -0.05) is 12.1 Å². The fraction of sp³-hybridized carbons (Fsp3) is 0.200. The summed E-state index contributed by atoms with van der Waals surface area (Å²) in [5, 5.41) is 36.2. The topological polar surface area (TPSA) is 171 Å². The van der Waals surface area contributed by atoms with Crippen molar-refractivity contribution < 1.29 is 32.2 Å². The molecule has 6 rings (SSSR count). The van der Waals surface area contributed by atoms with Gasteiger partial charge in [-0.3, -0.25) is 14.3 Å². The maximum absolute atomic E-state index is 14.5. The second kappa shape index (κ2) is 11.6. The number of benzene rings is 3.